The van der Waals surface area contributed by atoms with E-state index in [0.29, 0.717) is 47.7 Å². The van der Waals surface area contributed by atoms with Crippen LogP contribution in [-0.4, -0.2) is 54.8 Å². The molecule has 1 amide bonds. The van der Waals surface area contributed by atoms with Crippen molar-refractivity contribution in [1.29, 1.82) is 0 Å². The quantitative estimate of drug-likeness (QED) is 0.648. The second-order valence-corrected chi connectivity index (χ2v) is 6.03. The summed E-state index contributed by atoms with van der Waals surface area (Å²) < 4.78 is 6.55. The molecule has 0 spiro atoms. The fourth-order valence-corrected chi connectivity index (χ4v) is 3.23. The van der Waals surface area contributed by atoms with Crippen molar-refractivity contribution in [3.63, 3.8) is 0 Å². The average molecular weight is 415 g/mol. The van der Waals surface area contributed by atoms with E-state index in [-0.39, 0.29) is 42.6 Å². The van der Waals surface area contributed by atoms with Gasteiger partial charge in [-0.3, -0.25) is 9.78 Å². The van der Waals surface area contributed by atoms with Crippen molar-refractivity contribution in [2.75, 3.05) is 18.8 Å². The molecule has 0 saturated carbocycles. The summed E-state index contributed by atoms with van der Waals surface area (Å²) in [6.07, 6.45) is 3.98. The molecule has 0 bridgehead atoms. The predicted octanol–water partition coefficient (Wildman–Crippen LogP) is 1.10. The van der Waals surface area contributed by atoms with Gasteiger partial charge in [0.05, 0.1) is 17.3 Å². The van der Waals surface area contributed by atoms with E-state index >= 15 is 0 Å². The molecule has 27 heavy (non-hydrogen) atoms. The third kappa shape index (κ3) is 3.43. The van der Waals surface area contributed by atoms with Crippen molar-refractivity contribution in [2.45, 2.75) is 25.9 Å². The topological polar surface area (TPSA) is 142 Å². The number of hydrogen-bond donors (Lipinski definition) is 2. The van der Waals surface area contributed by atoms with Gasteiger partial charge in [-0.05, 0) is 23.7 Å². The molecule has 3 aromatic rings. The SMILES string of the molecule is CCn1c(-c2nonc2N)nc2cncc(C(=O)N3CCC(N)C3)c21.Cl.Cl. The molecule has 0 aromatic carbocycles. The maximum atomic E-state index is 13.0. The molecular weight excluding hydrogens is 395 g/mol. The number of imidazole rings is 1. The summed E-state index contributed by atoms with van der Waals surface area (Å²) in [7, 11) is 0. The molecule has 1 unspecified atom stereocenters. The number of rotatable bonds is 3. The fraction of sp³-hybridized carbons (Fsp3) is 0.400. The summed E-state index contributed by atoms with van der Waals surface area (Å²) in [5, 5.41) is 7.43. The van der Waals surface area contributed by atoms with Crippen LogP contribution in [0.15, 0.2) is 17.0 Å². The molecule has 1 fully saturated rings. The molecule has 1 aliphatic heterocycles. The lowest BCUT2D eigenvalue weighted by molar-refractivity contribution is 0.0792. The van der Waals surface area contributed by atoms with Crippen LogP contribution in [0.5, 0.6) is 0 Å². The van der Waals surface area contributed by atoms with Crippen LogP contribution in [-0.2, 0) is 6.54 Å². The van der Waals surface area contributed by atoms with Crippen molar-refractivity contribution >= 4 is 47.6 Å². The number of nitrogens with two attached hydrogens (primary N) is 2. The molecule has 3 aromatic heterocycles. The Balaban J connectivity index is 0.00000131. The van der Waals surface area contributed by atoms with Crippen LogP contribution in [0.25, 0.3) is 22.6 Å². The smallest absolute Gasteiger partial charge is 0.257 e. The third-order valence-electron chi connectivity index (χ3n) is 4.43. The zero-order chi connectivity index (χ0) is 17.6. The number of likely N-dealkylation sites (tertiary alicyclic amines) is 1. The van der Waals surface area contributed by atoms with E-state index in [1.165, 1.54) is 0 Å². The Labute approximate surface area is 167 Å². The second kappa shape index (κ2) is 8.07. The Morgan fingerprint density at radius 2 is 2.11 bits per heavy atom. The highest BCUT2D eigenvalue weighted by Gasteiger charge is 2.28. The van der Waals surface area contributed by atoms with Gasteiger partial charge in [-0.25, -0.2) is 9.61 Å². The van der Waals surface area contributed by atoms with E-state index in [9.17, 15) is 4.79 Å². The van der Waals surface area contributed by atoms with Gasteiger partial charge in [0.15, 0.2) is 17.3 Å². The van der Waals surface area contributed by atoms with Crippen LogP contribution >= 0.6 is 24.8 Å². The summed E-state index contributed by atoms with van der Waals surface area (Å²) >= 11 is 0. The van der Waals surface area contributed by atoms with Gasteiger partial charge in [0.2, 0.25) is 0 Å². The van der Waals surface area contributed by atoms with E-state index in [2.05, 4.69) is 24.9 Å². The van der Waals surface area contributed by atoms with Crippen LogP contribution in [0.2, 0.25) is 0 Å². The number of nitrogens with zero attached hydrogens (tertiary/aromatic N) is 6. The highest BCUT2D eigenvalue weighted by Crippen LogP contribution is 2.29. The van der Waals surface area contributed by atoms with Gasteiger partial charge in [-0.15, -0.1) is 24.8 Å². The van der Waals surface area contributed by atoms with Crippen molar-refractivity contribution < 1.29 is 9.42 Å². The van der Waals surface area contributed by atoms with E-state index in [1.807, 2.05) is 11.5 Å². The van der Waals surface area contributed by atoms with Crippen molar-refractivity contribution in [3.05, 3.63) is 18.0 Å². The molecule has 0 aliphatic carbocycles. The van der Waals surface area contributed by atoms with Crippen molar-refractivity contribution in [3.8, 4) is 11.5 Å². The monoisotopic (exact) mass is 414 g/mol. The zero-order valence-electron chi connectivity index (χ0n) is 14.5. The number of aryl methyl sites for hydroxylation is 1. The van der Waals surface area contributed by atoms with E-state index < -0.39 is 0 Å². The molecule has 146 valence electrons. The molecule has 10 nitrogen and oxygen atoms in total. The average Bonchev–Trinajstić information content (AvgIpc) is 3.31. The third-order valence-corrected chi connectivity index (χ3v) is 4.43. The number of pyridine rings is 1. The largest absolute Gasteiger partial charge is 0.379 e. The molecule has 1 atom stereocenters. The number of aromatic nitrogens is 5. The molecule has 1 saturated heterocycles. The number of nitrogen functional groups attached to an aromatic ring is 1. The van der Waals surface area contributed by atoms with Gasteiger partial charge in [-0.1, -0.05) is 0 Å². The Kier molecular flexibility index (Phi) is 6.24. The Bertz CT molecular complexity index is 957. The Morgan fingerprint density at radius 3 is 2.70 bits per heavy atom. The van der Waals surface area contributed by atoms with E-state index in [0.717, 1.165) is 6.42 Å². The minimum atomic E-state index is -0.0987. The number of hydrogen-bond acceptors (Lipinski definition) is 8. The lowest BCUT2D eigenvalue weighted by Gasteiger charge is -2.16. The molecular formula is C15H20Cl2N8O2. The van der Waals surface area contributed by atoms with Crippen LogP contribution in [0.4, 0.5) is 5.82 Å². The first kappa shape index (κ1) is 20.9. The highest BCUT2D eigenvalue weighted by atomic mass is 35.5. The Morgan fingerprint density at radius 1 is 1.33 bits per heavy atom. The molecule has 1 aliphatic rings. The lowest BCUT2D eigenvalue weighted by atomic mass is 10.2. The standard InChI is InChI=1S/C15H18N8O2.2ClH/c1-2-23-12-9(15(24)22-4-3-8(16)7-22)5-18-6-10(12)19-14(23)11-13(17)21-25-20-11;;/h5-6,8H,2-4,7,16H2,1H3,(H2,17,21);2*1H. The van der Waals surface area contributed by atoms with Crippen LogP contribution in [0.3, 0.4) is 0 Å². The molecule has 0 radical (unpaired) electrons. The van der Waals surface area contributed by atoms with Crippen molar-refractivity contribution in [2.24, 2.45) is 5.73 Å². The van der Waals surface area contributed by atoms with Crippen LogP contribution < -0.4 is 11.5 Å². The normalized spacial score (nSPS) is 16.2. The maximum Gasteiger partial charge on any atom is 0.257 e. The second-order valence-electron chi connectivity index (χ2n) is 6.03. The van der Waals surface area contributed by atoms with Gasteiger partial charge in [0.25, 0.3) is 5.91 Å². The summed E-state index contributed by atoms with van der Waals surface area (Å²) in [6, 6.07) is 0.0174. The number of halogens is 2. The highest BCUT2D eigenvalue weighted by molar-refractivity contribution is 6.05. The number of carbonyl (C=O) groups excluding carboxylic acids is 1. The number of anilines is 1. The van der Waals surface area contributed by atoms with Gasteiger partial charge < -0.3 is 20.9 Å². The summed E-state index contributed by atoms with van der Waals surface area (Å²) in [4.78, 5) is 23.4. The minimum absolute atomic E-state index is 0. The van der Waals surface area contributed by atoms with Gasteiger partial charge in [-0.2, -0.15) is 0 Å². The fourth-order valence-electron chi connectivity index (χ4n) is 3.23. The predicted molar refractivity (Wildman–Crippen MR) is 104 cm³/mol. The molecule has 4 heterocycles. The zero-order valence-corrected chi connectivity index (χ0v) is 16.2. The van der Waals surface area contributed by atoms with Crippen molar-refractivity contribution in [1.82, 2.24) is 29.7 Å². The van der Waals surface area contributed by atoms with Gasteiger partial charge in [0.1, 0.15) is 5.52 Å². The van der Waals surface area contributed by atoms with Gasteiger partial charge in [0, 0.05) is 31.9 Å². The first-order valence-corrected chi connectivity index (χ1v) is 8.07. The van der Waals surface area contributed by atoms with Crippen LogP contribution in [0, 0.1) is 0 Å². The van der Waals surface area contributed by atoms with Crippen LogP contribution in [0.1, 0.15) is 23.7 Å². The lowest BCUT2D eigenvalue weighted by Crippen LogP contribution is -2.32. The molecule has 12 heteroatoms. The minimum Gasteiger partial charge on any atom is -0.379 e. The first-order valence-electron chi connectivity index (χ1n) is 8.07. The summed E-state index contributed by atoms with van der Waals surface area (Å²) in [5.41, 5.74) is 13.9. The molecule has 4 N–H and O–H groups in total. The summed E-state index contributed by atoms with van der Waals surface area (Å²) in [5.74, 6) is 0.547. The Hall–Kier alpha value is -2.43. The number of fused-ring (bicyclic) bond motifs is 1. The van der Waals surface area contributed by atoms with E-state index in [4.69, 9.17) is 11.5 Å². The summed E-state index contributed by atoms with van der Waals surface area (Å²) in [6.45, 7) is 3.71. The maximum absolute atomic E-state index is 13.0. The van der Waals surface area contributed by atoms with Gasteiger partial charge >= 0.3 is 0 Å². The number of amides is 1. The first-order chi connectivity index (χ1) is 12.1. The van der Waals surface area contributed by atoms with E-state index in [1.54, 1.807) is 17.3 Å². The number of carbonyl (C=O) groups is 1. The molecule has 4 rings (SSSR count).